The van der Waals surface area contributed by atoms with E-state index in [0.29, 0.717) is 23.7 Å². The molecule has 3 rings (SSSR count). The second kappa shape index (κ2) is 12.7. The Morgan fingerprint density at radius 2 is 1.85 bits per heavy atom. The van der Waals surface area contributed by atoms with Crippen LogP contribution in [-0.2, 0) is 16.1 Å². The standard InChI is InChI=1S/C23H30N4O3.C2H4O2/c1-15-6-4-8-19(17(15)3)26-20(28)13-25-22(29)21-16(2)9-11-27(23(21)30)14-18-7-5-10-24-12-18;1-2(3)4/h4,6,8-9,11,18,24H,5,7,10,12-14H2,1-3H3,(H,25,29)(H,26,28);1H3,(H,3,4). The van der Waals surface area contributed by atoms with Crippen molar-refractivity contribution < 1.29 is 19.5 Å². The minimum atomic E-state index is -0.833. The molecule has 2 aromatic rings. The van der Waals surface area contributed by atoms with Crippen molar-refractivity contribution in [2.45, 2.75) is 47.1 Å². The van der Waals surface area contributed by atoms with Gasteiger partial charge in [-0.2, -0.15) is 0 Å². The maximum atomic E-state index is 12.9. The number of carbonyl (C=O) groups excluding carboxylic acids is 2. The van der Waals surface area contributed by atoms with Gasteiger partial charge in [0.2, 0.25) is 5.91 Å². The third-order valence-corrected chi connectivity index (χ3v) is 5.74. The highest BCUT2D eigenvalue weighted by Gasteiger charge is 2.19. The number of aromatic nitrogens is 1. The number of benzene rings is 1. The molecule has 9 nitrogen and oxygen atoms in total. The molecule has 2 heterocycles. The quantitative estimate of drug-likeness (QED) is 0.512. The molecule has 1 aliphatic heterocycles. The van der Waals surface area contributed by atoms with E-state index in [1.807, 2.05) is 32.0 Å². The van der Waals surface area contributed by atoms with Crippen molar-refractivity contribution >= 4 is 23.5 Å². The minimum absolute atomic E-state index is 0.0980. The summed E-state index contributed by atoms with van der Waals surface area (Å²) in [6.07, 6.45) is 3.90. The summed E-state index contributed by atoms with van der Waals surface area (Å²) in [5, 5.41) is 16.2. The van der Waals surface area contributed by atoms with Gasteiger partial charge in [0.15, 0.2) is 0 Å². The number of amides is 2. The lowest BCUT2D eigenvalue weighted by atomic mass is 9.99. The maximum absolute atomic E-state index is 12.9. The van der Waals surface area contributed by atoms with Crippen LogP contribution in [0.1, 0.15) is 46.8 Å². The number of carboxylic acids is 1. The first-order valence-corrected chi connectivity index (χ1v) is 11.3. The normalized spacial score (nSPS) is 15.0. The van der Waals surface area contributed by atoms with E-state index >= 15 is 0 Å². The first-order chi connectivity index (χ1) is 16.1. The predicted octanol–water partition coefficient (Wildman–Crippen LogP) is 2.23. The van der Waals surface area contributed by atoms with Crippen LogP contribution in [-0.4, -0.2) is 47.1 Å². The molecule has 1 saturated heterocycles. The number of carboxylic acid groups (broad SMARTS) is 1. The summed E-state index contributed by atoms with van der Waals surface area (Å²) in [6.45, 7) is 8.99. The Labute approximate surface area is 199 Å². The molecule has 34 heavy (non-hydrogen) atoms. The fourth-order valence-corrected chi connectivity index (χ4v) is 3.77. The van der Waals surface area contributed by atoms with E-state index in [-0.39, 0.29) is 23.6 Å². The molecule has 0 saturated carbocycles. The number of nitrogens with zero attached hydrogens (tertiary/aromatic N) is 1. The highest BCUT2D eigenvalue weighted by molar-refractivity contribution is 6.00. The second-order valence-corrected chi connectivity index (χ2v) is 8.54. The third-order valence-electron chi connectivity index (χ3n) is 5.74. The minimum Gasteiger partial charge on any atom is -0.481 e. The molecule has 9 heteroatoms. The van der Waals surface area contributed by atoms with Crippen LogP contribution in [0.5, 0.6) is 0 Å². The first-order valence-electron chi connectivity index (χ1n) is 11.3. The van der Waals surface area contributed by atoms with Gasteiger partial charge in [0.1, 0.15) is 5.56 Å². The Hall–Kier alpha value is -3.46. The molecular formula is C25H34N4O5. The highest BCUT2D eigenvalue weighted by atomic mass is 16.4. The van der Waals surface area contributed by atoms with Gasteiger partial charge in [-0.25, -0.2) is 0 Å². The lowest BCUT2D eigenvalue weighted by Crippen LogP contribution is -2.39. The molecule has 1 fully saturated rings. The van der Waals surface area contributed by atoms with E-state index in [2.05, 4.69) is 16.0 Å². The number of pyridine rings is 1. The molecule has 184 valence electrons. The largest absolute Gasteiger partial charge is 0.481 e. The van der Waals surface area contributed by atoms with Crippen LogP contribution in [0.25, 0.3) is 0 Å². The first kappa shape index (κ1) is 26.8. The van der Waals surface area contributed by atoms with Crippen LogP contribution in [0, 0.1) is 26.7 Å². The second-order valence-electron chi connectivity index (χ2n) is 8.54. The van der Waals surface area contributed by atoms with E-state index in [4.69, 9.17) is 9.90 Å². The third kappa shape index (κ3) is 7.84. The topological polar surface area (TPSA) is 130 Å². The predicted molar refractivity (Wildman–Crippen MR) is 131 cm³/mol. The van der Waals surface area contributed by atoms with Crippen molar-refractivity contribution in [3.8, 4) is 0 Å². The van der Waals surface area contributed by atoms with Crippen LogP contribution in [0.3, 0.4) is 0 Å². The number of rotatable bonds is 6. The van der Waals surface area contributed by atoms with Gasteiger partial charge in [-0.05, 0) is 81.4 Å². The number of anilines is 1. The SMILES string of the molecule is CC(=O)O.Cc1cccc(NC(=O)CNC(=O)c2c(C)ccn(CC3CCCNC3)c2=O)c1C. The number of aryl methyl sites for hydroxylation is 2. The molecule has 1 atom stereocenters. The van der Waals surface area contributed by atoms with E-state index in [9.17, 15) is 14.4 Å². The average molecular weight is 471 g/mol. The number of hydrogen-bond acceptors (Lipinski definition) is 5. The summed E-state index contributed by atoms with van der Waals surface area (Å²) in [5.74, 6) is -1.32. The van der Waals surface area contributed by atoms with Crippen molar-refractivity contribution in [3.05, 3.63) is 63.1 Å². The lowest BCUT2D eigenvalue weighted by Gasteiger charge is -2.23. The fourth-order valence-electron chi connectivity index (χ4n) is 3.77. The van der Waals surface area contributed by atoms with Crippen molar-refractivity contribution in [1.29, 1.82) is 0 Å². The van der Waals surface area contributed by atoms with E-state index in [1.165, 1.54) is 0 Å². The zero-order valence-corrected chi connectivity index (χ0v) is 20.2. The molecule has 0 bridgehead atoms. The summed E-state index contributed by atoms with van der Waals surface area (Å²) in [5.41, 5.74) is 3.16. The fraction of sp³-hybridized carbons (Fsp3) is 0.440. The summed E-state index contributed by atoms with van der Waals surface area (Å²) < 4.78 is 1.61. The van der Waals surface area contributed by atoms with Gasteiger partial charge in [0.25, 0.3) is 17.4 Å². The Morgan fingerprint density at radius 3 is 2.50 bits per heavy atom. The van der Waals surface area contributed by atoms with E-state index in [1.54, 1.807) is 23.8 Å². The van der Waals surface area contributed by atoms with Crippen LogP contribution in [0.2, 0.25) is 0 Å². The maximum Gasteiger partial charge on any atom is 0.300 e. The number of hydrogen-bond donors (Lipinski definition) is 4. The van der Waals surface area contributed by atoms with Gasteiger partial charge in [-0.1, -0.05) is 12.1 Å². The van der Waals surface area contributed by atoms with Crippen molar-refractivity contribution in [2.24, 2.45) is 5.92 Å². The van der Waals surface area contributed by atoms with Crippen molar-refractivity contribution in [2.75, 3.05) is 25.0 Å². The summed E-state index contributed by atoms with van der Waals surface area (Å²) in [4.78, 5) is 46.9. The molecule has 1 unspecified atom stereocenters. The number of carbonyl (C=O) groups is 3. The Bertz CT molecular complexity index is 1080. The molecule has 1 aliphatic rings. The van der Waals surface area contributed by atoms with Crippen LogP contribution < -0.4 is 21.5 Å². The monoisotopic (exact) mass is 470 g/mol. The van der Waals surface area contributed by atoms with Gasteiger partial charge in [0.05, 0.1) is 6.54 Å². The van der Waals surface area contributed by atoms with Gasteiger partial charge in [-0.15, -0.1) is 0 Å². The van der Waals surface area contributed by atoms with Crippen LogP contribution in [0.15, 0.2) is 35.3 Å². The summed E-state index contributed by atoms with van der Waals surface area (Å²) in [7, 11) is 0. The molecule has 1 aromatic heterocycles. The summed E-state index contributed by atoms with van der Waals surface area (Å²) in [6, 6.07) is 7.44. The van der Waals surface area contributed by atoms with Crippen LogP contribution in [0.4, 0.5) is 5.69 Å². The molecule has 0 radical (unpaired) electrons. The molecule has 0 aliphatic carbocycles. The highest BCUT2D eigenvalue weighted by Crippen LogP contribution is 2.17. The number of nitrogens with one attached hydrogen (secondary N) is 3. The Morgan fingerprint density at radius 1 is 1.15 bits per heavy atom. The molecule has 1 aromatic carbocycles. The Kier molecular flexibility index (Phi) is 10.0. The average Bonchev–Trinajstić information content (AvgIpc) is 2.78. The van der Waals surface area contributed by atoms with E-state index in [0.717, 1.165) is 44.0 Å². The van der Waals surface area contributed by atoms with Crippen LogP contribution >= 0.6 is 0 Å². The molecule has 2 amide bonds. The zero-order valence-electron chi connectivity index (χ0n) is 20.2. The van der Waals surface area contributed by atoms with Gasteiger partial charge in [-0.3, -0.25) is 19.2 Å². The van der Waals surface area contributed by atoms with Crippen molar-refractivity contribution in [3.63, 3.8) is 0 Å². The lowest BCUT2D eigenvalue weighted by molar-refractivity contribution is -0.134. The van der Waals surface area contributed by atoms with Crippen molar-refractivity contribution in [1.82, 2.24) is 15.2 Å². The Balaban J connectivity index is 0.000000945. The van der Waals surface area contributed by atoms with E-state index < -0.39 is 11.9 Å². The smallest absolute Gasteiger partial charge is 0.300 e. The van der Waals surface area contributed by atoms with Gasteiger partial charge >= 0.3 is 0 Å². The van der Waals surface area contributed by atoms with Gasteiger partial charge < -0.3 is 25.6 Å². The molecular weight excluding hydrogens is 436 g/mol. The number of aliphatic carboxylic acids is 1. The van der Waals surface area contributed by atoms with Gasteiger partial charge in [0, 0.05) is 25.4 Å². The zero-order chi connectivity index (χ0) is 25.3. The molecule has 0 spiro atoms. The molecule has 4 N–H and O–H groups in total. The number of piperidine rings is 1. The summed E-state index contributed by atoms with van der Waals surface area (Å²) >= 11 is 0.